The number of nitrogens with one attached hydrogen (secondary N) is 1. The van der Waals surface area contributed by atoms with Crippen LogP contribution in [-0.2, 0) is 0 Å². The maximum Gasteiger partial charge on any atom is 0.184 e. The number of ketones is 1. The molecule has 1 aliphatic heterocycles. The van der Waals surface area contributed by atoms with Crippen LogP contribution in [-0.4, -0.2) is 23.9 Å². The van der Waals surface area contributed by atoms with Gasteiger partial charge in [0, 0.05) is 12.1 Å². The van der Waals surface area contributed by atoms with E-state index in [1.807, 2.05) is 18.2 Å². The standard InChI is InChI=1S/C11H12N2O/c14-11(9-3-1-2-4-13-9)10-7-5-12-6-8(7)10/h1-4,7-8,10,12H,5-6H2. The Balaban J connectivity index is 1.79. The molecule has 0 spiro atoms. The van der Waals surface area contributed by atoms with Crippen LogP contribution in [0.2, 0.25) is 0 Å². The molecule has 2 unspecified atom stereocenters. The molecule has 0 aromatic carbocycles. The minimum absolute atomic E-state index is 0.238. The molecular weight excluding hydrogens is 176 g/mol. The van der Waals surface area contributed by atoms with Crippen LogP contribution in [0.3, 0.4) is 0 Å². The van der Waals surface area contributed by atoms with E-state index in [2.05, 4.69) is 10.3 Å². The minimum atomic E-state index is 0.238. The fourth-order valence-electron chi connectivity index (χ4n) is 2.49. The molecule has 1 saturated carbocycles. The van der Waals surface area contributed by atoms with Crippen molar-refractivity contribution in [2.75, 3.05) is 13.1 Å². The summed E-state index contributed by atoms with van der Waals surface area (Å²) in [4.78, 5) is 16.0. The van der Waals surface area contributed by atoms with Gasteiger partial charge >= 0.3 is 0 Å². The maximum atomic E-state index is 11.9. The van der Waals surface area contributed by atoms with Crippen LogP contribution in [0, 0.1) is 17.8 Å². The molecule has 14 heavy (non-hydrogen) atoms. The second kappa shape index (κ2) is 2.89. The van der Waals surface area contributed by atoms with Crippen molar-refractivity contribution in [1.29, 1.82) is 0 Å². The number of carbonyl (C=O) groups excluding carboxylic acids is 1. The number of carbonyl (C=O) groups is 1. The van der Waals surface area contributed by atoms with Crippen molar-refractivity contribution >= 4 is 5.78 Å². The van der Waals surface area contributed by atoms with Gasteiger partial charge in [0.1, 0.15) is 5.69 Å². The van der Waals surface area contributed by atoms with Gasteiger partial charge in [0.25, 0.3) is 0 Å². The molecule has 2 fully saturated rings. The molecule has 2 aliphatic rings. The van der Waals surface area contributed by atoms with Crippen LogP contribution < -0.4 is 5.32 Å². The van der Waals surface area contributed by atoms with Crippen LogP contribution >= 0.6 is 0 Å². The Hall–Kier alpha value is -1.22. The van der Waals surface area contributed by atoms with Crippen molar-refractivity contribution in [2.45, 2.75) is 0 Å². The molecule has 1 saturated heterocycles. The average molecular weight is 188 g/mol. The summed E-state index contributed by atoms with van der Waals surface area (Å²) in [5, 5.41) is 3.29. The van der Waals surface area contributed by atoms with Crippen molar-refractivity contribution in [3.63, 3.8) is 0 Å². The Bertz CT molecular complexity index is 353. The summed E-state index contributed by atoms with van der Waals surface area (Å²) in [7, 11) is 0. The third-order valence-corrected chi connectivity index (χ3v) is 3.31. The molecule has 3 rings (SSSR count). The summed E-state index contributed by atoms with van der Waals surface area (Å²) in [5.74, 6) is 1.67. The predicted molar refractivity (Wildman–Crippen MR) is 51.9 cm³/mol. The van der Waals surface area contributed by atoms with E-state index in [-0.39, 0.29) is 11.7 Å². The highest BCUT2D eigenvalue weighted by molar-refractivity contribution is 5.98. The fourth-order valence-corrected chi connectivity index (χ4v) is 2.49. The number of nitrogens with zero attached hydrogens (tertiary/aromatic N) is 1. The van der Waals surface area contributed by atoms with Crippen LogP contribution in [0.4, 0.5) is 0 Å². The Morgan fingerprint density at radius 3 is 2.79 bits per heavy atom. The first-order valence-corrected chi connectivity index (χ1v) is 5.04. The molecule has 0 bridgehead atoms. The van der Waals surface area contributed by atoms with E-state index in [1.165, 1.54) is 0 Å². The Morgan fingerprint density at radius 2 is 2.14 bits per heavy atom. The first-order valence-electron chi connectivity index (χ1n) is 5.04. The topological polar surface area (TPSA) is 42.0 Å². The molecule has 2 atom stereocenters. The fraction of sp³-hybridized carbons (Fsp3) is 0.455. The zero-order chi connectivity index (χ0) is 9.54. The van der Waals surface area contributed by atoms with Gasteiger partial charge in [-0.15, -0.1) is 0 Å². The van der Waals surface area contributed by atoms with Gasteiger partial charge < -0.3 is 5.32 Å². The summed E-state index contributed by atoms with van der Waals surface area (Å²) >= 11 is 0. The van der Waals surface area contributed by atoms with E-state index in [1.54, 1.807) is 6.20 Å². The molecule has 1 N–H and O–H groups in total. The first kappa shape index (κ1) is 8.12. The Kier molecular flexibility index (Phi) is 1.67. The average Bonchev–Trinajstić information content (AvgIpc) is 2.72. The zero-order valence-electron chi connectivity index (χ0n) is 7.81. The highest BCUT2D eigenvalue weighted by Gasteiger charge is 2.56. The number of fused-ring (bicyclic) bond motifs is 1. The van der Waals surface area contributed by atoms with Gasteiger partial charge in [0.2, 0.25) is 0 Å². The van der Waals surface area contributed by atoms with Gasteiger partial charge in [-0.3, -0.25) is 9.78 Å². The third kappa shape index (κ3) is 1.09. The van der Waals surface area contributed by atoms with Crippen molar-refractivity contribution in [1.82, 2.24) is 10.3 Å². The molecule has 3 heteroatoms. The monoisotopic (exact) mass is 188 g/mol. The molecule has 0 radical (unpaired) electrons. The summed E-state index contributed by atoms with van der Waals surface area (Å²) in [5.41, 5.74) is 0.631. The molecule has 1 aromatic heterocycles. The highest BCUT2D eigenvalue weighted by Crippen LogP contribution is 2.49. The van der Waals surface area contributed by atoms with Crippen molar-refractivity contribution in [2.24, 2.45) is 17.8 Å². The predicted octanol–water partition coefficient (Wildman–Crippen LogP) is 0.730. The van der Waals surface area contributed by atoms with Gasteiger partial charge in [-0.25, -0.2) is 0 Å². The van der Waals surface area contributed by atoms with Crippen LogP contribution in [0.15, 0.2) is 24.4 Å². The van der Waals surface area contributed by atoms with Crippen molar-refractivity contribution in [3.8, 4) is 0 Å². The highest BCUT2D eigenvalue weighted by atomic mass is 16.1. The van der Waals surface area contributed by atoms with Gasteiger partial charge in [-0.05, 0) is 37.1 Å². The smallest absolute Gasteiger partial charge is 0.184 e. The summed E-state index contributed by atoms with van der Waals surface area (Å²) in [6.45, 7) is 2.02. The molecule has 1 aliphatic carbocycles. The van der Waals surface area contributed by atoms with Gasteiger partial charge in [-0.1, -0.05) is 6.07 Å². The normalized spacial score (nSPS) is 33.9. The number of aromatic nitrogens is 1. The largest absolute Gasteiger partial charge is 0.316 e. The molecular formula is C11H12N2O. The van der Waals surface area contributed by atoms with Crippen LogP contribution in [0.25, 0.3) is 0 Å². The van der Waals surface area contributed by atoms with E-state index < -0.39 is 0 Å². The number of pyridine rings is 1. The second-order valence-corrected chi connectivity index (χ2v) is 4.09. The molecule has 72 valence electrons. The lowest BCUT2D eigenvalue weighted by molar-refractivity contribution is 0.0948. The Morgan fingerprint density at radius 1 is 1.36 bits per heavy atom. The second-order valence-electron chi connectivity index (χ2n) is 4.09. The summed E-state index contributed by atoms with van der Waals surface area (Å²) in [6.07, 6.45) is 1.68. The lowest BCUT2D eigenvalue weighted by Crippen LogP contribution is -2.19. The SMILES string of the molecule is O=C(c1ccccn1)C1C2CNCC21. The molecule has 1 aromatic rings. The van der Waals surface area contributed by atoms with Crippen molar-refractivity contribution in [3.05, 3.63) is 30.1 Å². The van der Waals surface area contributed by atoms with E-state index in [0.29, 0.717) is 17.5 Å². The van der Waals surface area contributed by atoms with E-state index in [9.17, 15) is 4.79 Å². The van der Waals surface area contributed by atoms with Gasteiger partial charge in [0.05, 0.1) is 0 Å². The zero-order valence-corrected chi connectivity index (χ0v) is 7.81. The van der Waals surface area contributed by atoms with Crippen LogP contribution in [0.5, 0.6) is 0 Å². The summed E-state index contributed by atoms with van der Waals surface area (Å²) in [6, 6.07) is 5.52. The van der Waals surface area contributed by atoms with E-state index in [0.717, 1.165) is 13.1 Å². The first-order chi connectivity index (χ1) is 6.88. The van der Waals surface area contributed by atoms with Gasteiger partial charge in [-0.2, -0.15) is 0 Å². The number of piperidine rings is 1. The lowest BCUT2D eigenvalue weighted by atomic mass is 10.1. The molecule has 3 nitrogen and oxygen atoms in total. The number of Topliss-reactive ketones (excluding diaryl/α,β-unsaturated/α-hetero) is 1. The third-order valence-electron chi connectivity index (χ3n) is 3.31. The number of hydrogen-bond acceptors (Lipinski definition) is 3. The minimum Gasteiger partial charge on any atom is -0.316 e. The Labute approximate surface area is 82.5 Å². The lowest BCUT2D eigenvalue weighted by Gasteiger charge is -2.02. The van der Waals surface area contributed by atoms with Crippen LogP contribution in [0.1, 0.15) is 10.5 Å². The van der Waals surface area contributed by atoms with Crippen molar-refractivity contribution < 1.29 is 4.79 Å². The number of rotatable bonds is 2. The maximum absolute atomic E-state index is 11.9. The number of hydrogen-bond donors (Lipinski definition) is 1. The quantitative estimate of drug-likeness (QED) is 0.696. The van der Waals surface area contributed by atoms with E-state index in [4.69, 9.17) is 0 Å². The van der Waals surface area contributed by atoms with Gasteiger partial charge in [0.15, 0.2) is 5.78 Å². The molecule has 2 heterocycles. The van der Waals surface area contributed by atoms with E-state index >= 15 is 0 Å². The summed E-state index contributed by atoms with van der Waals surface area (Å²) < 4.78 is 0. The molecule has 0 amide bonds.